The Hall–Kier alpha value is -0.800. The van der Waals surface area contributed by atoms with E-state index in [-0.39, 0.29) is 0 Å². The van der Waals surface area contributed by atoms with E-state index >= 15 is 0 Å². The molecule has 0 bridgehead atoms. The van der Waals surface area contributed by atoms with E-state index in [1.807, 2.05) is 0 Å². The average molecular weight is 224 g/mol. The lowest BCUT2D eigenvalue weighted by Gasteiger charge is -2.08. The molecule has 0 aromatic carbocycles. The number of ether oxygens (including phenoxy) is 1. The van der Waals surface area contributed by atoms with E-state index in [1.165, 1.54) is 5.69 Å². The molecule has 0 radical (unpaired) electrons. The second-order valence-electron chi connectivity index (χ2n) is 4.58. The normalized spacial score (nSPS) is 11.2. The van der Waals surface area contributed by atoms with Crippen molar-refractivity contribution in [1.82, 2.24) is 9.88 Å². The van der Waals surface area contributed by atoms with Crippen LogP contribution in [0.1, 0.15) is 26.0 Å². The Bertz CT molecular complexity index is 281. The lowest BCUT2D eigenvalue weighted by atomic mass is 10.1. The molecule has 0 aliphatic rings. The molecule has 0 unspecified atom stereocenters. The summed E-state index contributed by atoms with van der Waals surface area (Å²) in [4.78, 5) is 0. The third-order valence-electron chi connectivity index (χ3n) is 2.62. The molecule has 1 aromatic rings. The summed E-state index contributed by atoms with van der Waals surface area (Å²) < 4.78 is 7.66. The third kappa shape index (κ3) is 5.33. The summed E-state index contributed by atoms with van der Waals surface area (Å²) in [5, 5.41) is 3.37. The lowest BCUT2D eigenvalue weighted by Crippen LogP contribution is -2.20. The molecule has 1 rings (SSSR count). The van der Waals surface area contributed by atoms with Crippen molar-refractivity contribution in [3.63, 3.8) is 0 Å². The second kappa shape index (κ2) is 7.47. The maximum Gasteiger partial charge on any atom is 0.0591 e. The zero-order valence-electron chi connectivity index (χ0n) is 10.7. The van der Waals surface area contributed by atoms with Crippen LogP contribution >= 0.6 is 0 Å². The molecule has 1 heterocycles. The molecule has 3 nitrogen and oxygen atoms in total. The Labute approximate surface area is 98.8 Å². The summed E-state index contributed by atoms with van der Waals surface area (Å²) in [5.74, 6) is 0.733. The van der Waals surface area contributed by atoms with E-state index in [9.17, 15) is 0 Å². The van der Waals surface area contributed by atoms with Crippen LogP contribution in [0, 0.1) is 5.92 Å². The Kier molecular flexibility index (Phi) is 6.19. The molecule has 1 N–H and O–H groups in total. The van der Waals surface area contributed by atoms with Gasteiger partial charge in [-0.1, -0.05) is 13.8 Å². The van der Waals surface area contributed by atoms with E-state index in [2.05, 4.69) is 49.1 Å². The van der Waals surface area contributed by atoms with Crippen LogP contribution in [0.25, 0.3) is 0 Å². The highest BCUT2D eigenvalue weighted by Gasteiger charge is 1.96. The molecule has 3 heteroatoms. The highest BCUT2D eigenvalue weighted by molar-refractivity contribution is 5.05. The molecule has 0 fully saturated rings. The number of hydrogen-bond acceptors (Lipinski definition) is 2. The molecule has 0 saturated carbocycles. The Morgan fingerprint density at radius 2 is 2.19 bits per heavy atom. The van der Waals surface area contributed by atoms with Gasteiger partial charge >= 0.3 is 0 Å². The molecular weight excluding hydrogens is 200 g/mol. The first-order valence-corrected chi connectivity index (χ1v) is 6.09. The summed E-state index contributed by atoms with van der Waals surface area (Å²) >= 11 is 0. The highest BCUT2D eigenvalue weighted by Crippen LogP contribution is 1.99. The van der Waals surface area contributed by atoms with Gasteiger partial charge < -0.3 is 14.6 Å². The van der Waals surface area contributed by atoms with Gasteiger partial charge in [-0.15, -0.1) is 0 Å². The fourth-order valence-corrected chi connectivity index (χ4v) is 1.46. The van der Waals surface area contributed by atoms with Crippen molar-refractivity contribution in [2.45, 2.75) is 26.8 Å². The average Bonchev–Trinajstić information content (AvgIpc) is 2.62. The minimum absolute atomic E-state index is 0.733. The van der Waals surface area contributed by atoms with Crippen molar-refractivity contribution in [2.24, 2.45) is 13.0 Å². The van der Waals surface area contributed by atoms with E-state index in [0.29, 0.717) is 0 Å². The second-order valence-corrected chi connectivity index (χ2v) is 4.58. The van der Waals surface area contributed by atoms with Crippen LogP contribution in [-0.4, -0.2) is 24.3 Å². The van der Waals surface area contributed by atoms with E-state index < -0.39 is 0 Å². The molecule has 0 aliphatic heterocycles. The monoisotopic (exact) mass is 224 g/mol. The highest BCUT2D eigenvalue weighted by atomic mass is 16.5. The third-order valence-corrected chi connectivity index (χ3v) is 2.62. The van der Waals surface area contributed by atoms with Gasteiger partial charge in [0.2, 0.25) is 0 Å². The van der Waals surface area contributed by atoms with Gasteiger partial charge in [-0.05, 0) is 24.5 Å². The number of rotatable bonds is 8. The van der Waals surface area contributed by atoms with E-state index in [4.69, 9.17) is 4.74 Å². The molecule has 0 atom stereocenters. The van der Waals surface area contributed by atoms with Crippen LogP contribution in [-0.2, 0) is 18.3 Å². The quantitative estimate of drug-likeness (QED) is 0.685. The first-order chi connectivity index (χ1) is 7.70. The maximum absolute atomic E-state index is 5.52. The Morgan fingerprint density at radius 1 is 1.38 bits per heavy atom. The molecule has 0 spiro atoms. The maximum atomic E-state index is 5.52. The van der Waals surface area contributed by atoms with Gasteiger partial charge in [0.1, 0.15) is 0 Å². The zero-order chi connectivity index (χ0) is 11.8. The summed E-state index contributed by atoms with van der Waals surface area (Å²) in [7, 11) is 2.07. The first-order valence-electron chi connectivity index (χ1n) is 6.09. The summed E-state index contributed by atoms with van der Waals surface area (Å²) in [6.45, 7) is 7.95. The van der Waals surface area contributed by atoms with Gasteiger partial charge in [0.05, 0.1) is 6.61 Å². The van der Waals surface area contributed by atoms with E-state index in [0.717, 1.165) is 38.6 Å². The predicted octanol–water partition coefficient (Wildman–Crippen LogP) is 2.18. The van der Waals surface area contributed by atoms with Crippen LogP contribution in [0.3, 0.4) is 0 Å². The van der Waals surface area contributed by atoms with Crippen molar-refractivity contribution in [1.29, 1.82) is 0 Å². The zero-order valence-corrected chi connectivity index (χ0v) is 10.7. The molecule has 16 heavy (non-hydrogen) atoms. The van der Waals surface area contributed by atoms with Crippen molar-refractivity contribution < 1.29 is 4.74 Å². The number of nitrogens with one attached hydrogen (secondary N) is 1. The fraction of sp³-hybridized carbons (Fsp3) is 0.692. The predicted molar refractivity (Wildman–Crippen MR) is 67.4 cm³/mol. The van der Waals surface area contributed by atoms with Crippen molar-refractivity contribution >= 4 is 0 Å². The Balaban J connectivity index is 1.94. The molecule has 92 valence electrons. The SMILES string of the molecule is CC(C)CCOCCNCc1cccn1C. The molecular formula is C13H24N2O. The number of aromatic nitrogens is 1. The summed E-state index contributed by atoms with van der Waals surface area (Å²) in [6.07, 6.45) is 3.22. The summed E-state index contributed by atoms with van der Waals surface area (Å²) in [6, 6.07) is 4.20. The van der Waals surface area contributed by atoms with Crippen LogP contribution < -0.4 is 5.32 Å². The van der Waals surface area contributed by atoms with Crippen LogP contribution in [0.2, 0.25) is 0 Å². The van der Waals surface area contributed by atoms with Gasteiger partial charge in [0, 0.05) is 38.6 Å². The molecule has 0 saturated heterocycles. The molecule has 0 aliphatic carbocycles. The standard InChI is InChI=1S/C13H24N2O/c1-12(2)6-9-16-10-7-14-11-13-5-4-8-15(13)3/h4-5,8,12,14H,6-7,9-11H2,1-3H3. The van der Waals surface area contributed by atoms with Crippen LogP contribution in [0.4, 0.5) is 0 Å². The smallest absolute Gasteiger partial charge is 0.0591 e. The van der Waals surface area contributed by atoms with Gasteiger partial charge in [-0.3, -0.25) is 0 Å². The van der Waals surface area contributed by atoms with Crippen LogP contribution in [0.15, 0.2) is 18.3 Å². The van der Waals surface area contributed by atoms with E-state index in [1.54, 1.807) is 0 Å². The topological polar surface area (TPSA) is 26.2 Å². The Morgan fingerprint density at radius 3 is 2.81 bits per heavy atom. The van der Waals surface area contributed by atoms with Gasteiger partial charge in [-0.25, -0.2) is 0 Å². The molecule has 1 aromatic heterocycles. The lowest BCUT2D eigenvalue weighted by molar-refractivity contribution is 0.125. The minimum Gasteiger partial charge on any atom is -0.380 e. The van der Waals surface area contributed by atoms with Crippen LogP contribution in [0.5, 0.6) is 0 Å². The number of nitrogens with zero attached hydrogens (tertiary/aromatic N) is 1. The number of aryl methyl sites for hydroxylation is 1. The fourth-order valence-electron chi connectivity index (χ4n) is 1.46. The summed E-state index contributed by atoms with van der Waals surface area (Å²) in [5.41, 5.74) is 1.31. The van der Waals surface area contributed by atoms with Crippen molar-refractivity contribution in [3.05, 3.63) is 24.0 Å². The van der Waals surface area contributed by atoms with Gasteiger partial charge in [0.15, 0.2) is 0 Å². The van der Waals surface area contributed by atoms with Crippen molar-refractivity contribution in [3.8, 4) is 0 Å². The first kappa shape index (κ1) is 13.3. The minimum atomic E-state index is 0.733. The van der Waals surface area contributed by atoms with Gasteiger partial charge in [-0.2, -0.15) is 0 Å². The number of hydrogen-bond donors (Lipinski definition) is 1. The molecule has 0 amide bonds. The van der Waals surface area contributed by atoms with Crippen molar-refractivity contribution in [2.75, 3.05) is 19.8 Å². The largest absolute Gasteiger partial charge is 0.380 e. The van der Waals surface area contributed by atoms with Gasteiger partial charge in [0.25, 0.3) is 0 Å².